The molecule has 0 saturated heterocycles. The van der Waals surface area contributed by atoms with E-state index in [-0.39, 0.29) is 16.7 Å². The molecule has 0 fully saturated rings. The van der Waals surface area contributed by atoms with E-state index in [4.69, 9.17) is 0 Å². The molecule has 7 heteroatoms. The average molecular weight is 329 g/mol. The van der Waals surface area contributed by atoms with Gasteiger partial charge in [-0.3, -0.25) is 18.3 Å². The largest absolute Gasteiger partial charge is 0.332 e. The summed E-state index contributed by atoms with van der Waals surface area (Å²) in [5.41, 5.74) is 2.03. The molecule has 0 aliphatic rings. The molecule has 3 heterocycles. The number of fused-ring (bicyclic) bond motifs is 3. The Labute approximate surface area is 139 Å². The lowest BCUT2D eigenvalue weighted by molar-refractivity contribution is 0.534. The predicted molar refractivity (Wildman–Crippen MR) is 94.7 cm³/mol. The van der Waals surface area contributed by atoms with Crippen LogP contribution in [0, 0.1) is 0 Å². The average Bonchev–Trinajstić information content (AvgIpc) is 2.99. The van der Waals surface area contributed by atoms with Crippen molar-refractivity contribution in [2.24, 2.45) is 14.1 Å². The highest BCUT2D eigenvalue weighted by atomic mass is 16.2. The first-order valence-corrected chi connectivity index (χ1v) is 7.86. The molecular weight excluding hydrogens is 306 g/mol. The quantitative estimate of drug-likeness (QED) is 0.670. The summed E-state index contributed by atoms with van der Waals surface area (Å²) in [6.45, 7) is 12.9. The van der Waals surface area contributed by atoms with Crippen LogP contribution in [-0.2, 0) is 26.1 Å². The van der Waals surface area contributed by atoms with Gasteiger partial charge in [0.2, 0.25) is 5.78 Å². The number of nitrogens with zero attached hydrogens (tertiary/aromatic N) is 5. The van der Waals surface area contributed by atoms with Crippen molar-refractivity contribution >= 4 is 16.9 Å². The molecule has 128 valence electrons. The highest BCUT2D eigenvalue weighted by Gasteiger charge is 2.25. The van der Waals surface area contributed by atoms with Gasteiger partial charge in [0.05, 0.1) is 0 Å². The molecule has 0 amide bonds. The Morgan fingerprint density at radius 1 is 1.21 bits per heavy atom. The van der Waals surface area contributed by atoms with Crippen molar-refractivity contribution in [1.82, 2.24) is 23.1 Å². The van der Waals surface area contributed by atoms with Gasteiger partial charge in [-0.25, -0.2) is 4.79 Å². The van der Waals surface area contributed by atoms with Crippen LogP contribution in [0.15, 0.2) is 27.9 Å². The lowest BCUT2D eigenvalue weighted by Gasteiger charge is -2.20. The second kappa shape index (κ2) is 4.96. The Balaban J connectivity index is 2.55. The van der Waals surface area contributed by atoms with Crippen molar-refractivity contribution in [2.45, 2.75) is 39.7 Å². The fourth-order valence-corrected chi connectivity index (χ4v) is 3.04. The molecule has 0 aliphatic carbocycles. The minimum atomic E-state index is -0.379. The third kappa shape index (κ3) is 2.15. The van der Waals surface area contributed by atoms with E-state index in [0.29, 0.717) is 23.5 Å². The van der Waals surface area contributed by atoms with Gasteiger partial charge in [0.15, 0.2) is 11.2 Å². The number of rotatable bonds is 2. The molecule has 0 aliphatic heterocycles. The van der Waals surface area contributed by atoms with Gasteiger partial charge in [-0.2, -0.15) is 4.98 Å². The van der Waals surface area contributed by atoms with Crippen LogP contribution in [-0.4, -0.2) is 23.1 Å². The zero-order valence-electron chi connectivity index (χ0n) is 15.0. The predicted octanol–water partition coefficient (Wildman–Crippen LogP) is 1.56. The summed E-state index contributed by atoms with van der Waals surface area (Å²) in [7, 11) is 3.11. The molecular formula is C17H23N5O2. The molecule has 0 saturated carbocycles. The Morgan fingerprint density at radius 2 is 1.83 bits per heavy atom. The number of imidazole rings is 2. The maximum atomic E-state index is 12.6. The van der Waals surface area contributed by atoms with Crippen LogP contribution in [0.3, 0.4) is 0 Å². The van der Waals surface area contributed by atoms with Gasteiger partial charge < -0.3 is 4.57 Å². The molecule has 0 radical (unpaired) electrons. The van der Waals surface area contributed by atoms with E-state index in [1.54, 1.807) is 11.4 Å². The van der Waals surface area contributed by atoms with Gasteiger partial charge in [-0.15, -0.1) is 0 Å². The van der Waals surface area contributed by atoms with Crippen LogP contribution in [0.25, 0.3) is 16.9 Å². The fourth-order valence-electron chi connectivity index (χ4n) is 3.04. The van der Waals surface area contributed by atoms with Crippen LogP contribution in [0.1, 0.15) is 33.4 Å². The topological polar surface area (TPSA) is 66.2 Å². The maximum absolute atomic E-state index is 12.6. The smallest absolute Gasteiger partial charge is 0.309 e. The fraction of sp³-hybridized carbons (Fsp3) is 0.471. The number of aryl methyl sites for hydroxylation is 1. The third-order valence-corrected chi connectivity index (χ3v) is 4.25. The first kappa shape index (κ1) is 16.3. The van der Waals surface area contributed by atoms with E-state index < -0.39 is 0 Å². The highest BCUT2D eigenvalue weighted by molar-refractivity contribution is 5.75. The highest BCUT2D eigenvalue weighted by Crippen LogP contribution is 2.27. The molecule has 24 heavy (non-hydrogen) atoms. The molecule has 0 N–H and O–H groups in total. The molecule has 3 aromatic heterocycles. The van der Waals surface area contributed by atoms with Crippen LogP contribution in [0.2, 0.25) is 0 Å². The van der Waals surface area contributed by atoms with Crippen molar-refractivity contribution in [3.63, 3.8) is 0 Å². The zero-order chi connectivity index (χ0) is 18.0. The number of hydrogen-bond acceptors (Lipinski definition) is 3. The lowest BCUT2D eigenvalue weighted by atomic mass is 9.92. The van der Waals surface area contributed by atoms with Gasteiger partial charge in [-0.05, 0) is 6.92 Å². The summed E-state index contributed by atoms with van der Waals surface area (Å²) < 4.78 is 6.38. The van der Waals surface area contributed by atoms with Crippen molar-refractivity contribution in [3.8, 4) is 0 Å². The van der Waals surface area contributed by atoms with Crippen molar-refractivity contribution in [3.05, 3.63) is 44.9 Å². The van der Waals surface area contributed by atoms with Crippen molar-refractivity contribution in [1.29, 1.82) is 0 Å². The molecule has 0 unspecified atom stereocenters. The van der Waals surface area contributed by atoms with Crippen molar-refractivity contribution in [2.75, 3.05) is 0 Å². The SMILES string of the molecule is C=C(C)Cn1c(C(C)(C)C)cn2c3c(=O)n(C)c(=O)n(C)c3nc12. The second-order valence-corrected chi connectivity index (χ2v) is 7.47. The Hall–Kier alpha value is -2.57. The van der Waals surface area contributed by atoms with E-state index in [0.717, 1.165) is 15.8 Å². The second-order valence-electron chi connectivity index (χ2n) is 7.47. The summed E-state index contributed by atoms with van der Waals surface area (Å²) in [5.74, 6) is 0.649. The van der Waals surface area contributed by atoms with Crippen LogP contribution in [0.4, 0.5) is 0 Å². The van der Waals surface area contributed by atoms with Crippen molar-refractivity contribution < 1.29 is 0 Å². The lowest BCUT2D eigenvalue weighted by Crippen LogP contribution is -2.37. The van der Waals surface area contributed by atoms with Gasteiger partial charge in [0.25, 0.3) is 5.56 Å². The number of hydrogen-bond donors (Lipinski definition) is 0. The normalized spacial score (nSPS) is 12.4. The molecule has 0 spiro atoms. The minimum absolute atomic E-state index is 0.117. The van der Waals surface area contributed by atoms with E-state index >= 15 is 0 Å². The van der Waals surface area contributed by atoms with Crippen LogP contribution < -0.4 is 11.2 Å². The van der Waals surface area contributed by atoms with Gasteiger partial charge in [0, 0.05) is 37.9 Å². The standard InChI is InChI=1S/C17H23N5O2/c1-10(2)8-21-11(17(3,4)5)9-22-12-13(18-15(21)22)19(6)16(24)20(7)14(12)23/h9H,1,8H2,2-7H3. The van der Waals surface area contributed by atoms with E-state index in [9.17, 15) is 9.59 Å². The third-order valence-electron chi connectivity index (χ3n) is 4.25. The molecule has 0 aromatic carbocycles. The van der Waals surface area contributed by atoms with E-state index in [2.05, 4.69) is 36.9 Å². The van der Waals surface area contributed by atoms with Gasteiger partial charge in [0.1, 0.15) is 0 Å². The summed E-state index contributed by atoms with van der Waals surface area (Å²) in [4.78, 5) is 29.4. The number of aromatic nitrogens is 5. The van der Waals surface area contributed by atoms with Gasteiger partial charge in [-0.1, -0.05) is 32.9 Å². The summed E-state index contributed by atoms with van der Waals surface area (Å²) >= 11 is 0. The Bertz CT molecular complexity index is 1100. The Morgan fingerprint density at radius 3 is 2.38 bits per heavy atom. The van der Waals surface area contributed by atoms with Crippen LogP contribution >= 0.6 is 0 Å². The monoisotopic (exact) mass is 329 g/mol. The Kier molecular flexibility index (Phi) is 3.37. The summed E-state index contributed by atoms with van der Waals surface area (Å²) in [5, 5.41) is 0. The first-order valence-electron chi connectivity index (χ1n) is 7.86. The first-order chi connectivity index (χ1) is 11.0. The number of allylic oxidation sites excluding steroid dienone is 1. The van der Waals surface area contributed by atoms with Crippen LogP contribution in [0.5, 0.6) is 0 Å². The summed E-state index contributed by atoms with van der Waals surface area (Å²) in [6, 6.07) is 0. The molecule has 3 rings (SSSR count). The minimum Gasteiger partial charge on any atom is -0.309 e. The zero-order valence-corrected chi connectivity index (χ0v) is 15.0. The molecule has 7 nitrogen and oxygen atoms in total. The molecule has 0 bridgehead atoms. The van der Waals surface area contributed by atoms with E-state index in [1.165, 1.54) is 11.6 Å². The summed E-state index contributed by atoms with van der Waals surface area (Å²) in [6.07, 6.45) is 1.94. The molecule has 0 atom stereocenters. The van der Waals surface area contributed by atoms with Gasteiger partial charge >= 0.3 is 5.69 Å². The maximum Gasteiger partial charge on any atom is 0.332 e. The molecule has 3 aromatic rings. The van der Waals surface area contributed by atoms with E-state index in [1.807, 2.05) is 13.1 Å².